The number of thiophene rings is 1. The van der Waals surface area contributed by atoms with Gasteiger partial charge in [0.25, 0.3) is 0 Å². The fraction of sp³-hybridized carbons (Fsp3) is 0.556. The Hall–Kier alpha value is -1.82. The van der Waals surface area contributed by atoms with Gasteiger partial charge in [0.2, 0.25) is 5.91 Å². The molecule has 1 saturated heterocycles. The molecule has 6 heteroatoms. The first-order chi connectivity index (χ1) is 11.5. The average molecular weight is 350 g/mol. The third-order valence-electron chi connectivity index (χ3n) is 4.36. The summed E-state index contributed by atoms with van der Waals surface area (Å²) >= 11 is 1.61. The van der Waals surface area contributed by atoms with Gasteiger partial charge in [0.1, 0.15) is 6.04 Å². The van der Waals surface area contributed by atoms with Crippen LogP contribution in [0.3, 0.4) is 0 Å². The molecule has 2 atom stereocenters. The molecular weight excluding hydrogens is 322 g/mol. The lowest BCUT2D eigenvalue weighted by atomic mass is 10.0. The summed E-state index contributed by atoms with van der Waals surface area (Å²) in [7, 11) is 0. The number of likely N-dealkylation sites (tertiary alicyclic amines) is 1. The van der Waals surface area contributed by atoms with Crippen molar-refractivity contribution in [1.82, 2.24) is 15.1 Å². The molecule has 0 saturated carbocycles. The topological polar surface area (TPSA) is 52.7 Å². The first-order valence-corrected chi connectivity index (χ1v) is 9.40. The van der Waals surface area contributed by atoms with Gasteiger partial charge in [-0.2, -0.15) is 0 Å². The fourth-order valence-electron chi connectivity index (χ4n) is 2.98. The lowest BCUT2D eigenvalue weighted by Gasteiger charge is -2.35. The zero-order valence-electron chi connectivity index (χ0n) is 14.5. The van der Waals surface area contributed by atoms with Crippen LogP contribution in [0, 0.1) is 0 Å². The van der Waals surface area contributed by atoms with Gasteiger partial charge in [0.15, 0.2) is 0 Å². The molecule has 1 aromatic rings. The van der Waals surface area contributed by atoms with Crippen molar-refractivity contribution >= 4 is 23.3 Å². The molecule has 0 unspecified atom stereocenters. The number of carbonyl (C=O) groups is 2. The van der Waals surface area contributed by atoms with Crippen molar-refractivity contribution in [2.45, 2.75) is 51.7 Å². The predicted molar refractivity (Wildman–Crippen MR) is 97.9 cm³/mol. The minimum Gasteiger partial charge on any atom is -0.338 e. The van der Waals surface area contributed by atoms with Crippen LogP contribution in [0.2, 0.25) is 0 Å². The number of nitrogens with zero attached hydrogens (tertiary/aromatic N) is 2. The quantitative estimate of drug-likeness (QED) is 0.802. The average Bonchev–Trinajstić information content (AvgIpc) is 3.07. The summed E-state index contributed by atoms with van der Waals surface area (Å²) in [5, 5.41) is 4.84. The van der Waals surface area contributed by atoms with E-state index < -0.39 is 6.04 Å². The Labute approximate surface area is 148 Å². The van der Waals surface area contributed by atoms with E-state index in [-0.39, 0.29) is 18.0 Å². The molecule has 0 spiro atoms. The molecule has 2 heterocycles. The molecule has 0 aromatic carbocycles. The summed E-state index contributed by atoms with van der Waals surface area (Å²) in [6.07, 6.45) is 4.94. The molecule has 1 fully saturated rings. The largest absolute Gasteiger partial charge is 0.338 e. The Morgan fingerprint density at radius 1 is 1.54 bits per heavy atom. The van der Waals surface area contributed by atoms with Crippen molar-refractivity contribution in [3.8, 4) is 0 Å². The molecule has 1 aromatic heterocycles. The van der Waals surface area contributed by atoms with Crippen LogP contribution in [0.1, 0.15) is 38.0 Å². The zero-order chi connectivity index (χ0) is 17.5. The normalized spacial score (nSPS) is 18.8. The van der Waals surface area contributed by atoms with Gasteiger partial charge in [0.05, 0.1) is 6.54 Å². The van der Waals surface area contributed by atoms with E-state index in [0.29, 0.717) is 13.1 Å². The van der Waals surface area contributed by atoms with Crippen molar-refractivity contribution in [1.29, 1.82) is 0 Å². The molecule has 24 heavy (non-hydrogen) atoms. The number of piperidine rings is 1. The molecular formula is C18H27N3O2S. The SMILES string of the molecule is C=CCN(Cc1cccs1)C(=O)N[C@H](C)C(=O)N1CCCC[C@@H]1C. The summed E-state index contributed by atoms with van der Waals surface area (Å²) < 4.78 is 0. The van der Waals surface area contributed by atoms with Crippen LogP contribution in [0.5, 0.6) is 0 Å². The molecule has 132 valence electrons. The van der Waals surface area contributed by atoms with Crippen LogP contribution in [-0.2, 0) is 11.3 Å². The summed E-state index contributed by atoms with van der Waals surface area (Å²) in [5.74, 6) is 0.00484. The molecule has 0 radical (unpaired) electrons. The summed E-state index contributed by atoms with van der Waals surface area (Å²) in [6.45, 7) is 9.31. The Kier molecular flexibility index (Phi) is 6.85. The number of urea groups is 1. The summed E-state index contributed by atoms with van der Waals surface area (Å²) in [5.41, 5.74) is 0. The highest BCUT2D eigenvalue weighted by Gasteiger charge is 2.28. The lowest BCUT2D eigenvalue weighted by molar-refractivity contribution is -0.136. The highest BCUT2D eigenvalue weighted by molar-refractivity contribution is 7.09. The second-order valence-corrected chi connectivity index (χ2v) is 7.33. The van der Waals surface area contributed by atoms with Crippen LogP contribution in [0.25, 0.3) is 0 Å². The zero-order valence-corrected chi connectivity index (χ0v) is 15.3. The smallest absolute Gasteiger partial charge is 0.318 e. The van der Waals surface area contributed by atoms with Crippen molar-refractivity contribution in [2.24, 2.45) is 0 Å². The molecule has 2 rings (SSSR count). The third kappa shape index (κ3) is 4.84. The first kappa shape index (κ1) is 18.5. The maximum Gasteiger partial charge on any atom is 0.318 e. The third-order valence-corrected chi connectivity index (χ3v) is 5.22. The molecule has 1 aliphatic rings. The van der Waals surface area contributed by atoms with Gasteiger partial charge >= 0.3 is 6.03 Å². The van der Waals surface area contributed by atoms with Gasteiger partial charge in [-0.3, -0.25) is 4.79 Å². The van der Waals surface area contributed by atoms with E-state index in [1.807, 2.05) is 22.4 Å². The molecule has 1 N–H and O–H groups in total. The second-order valence-electron chi connectivity index (χ2n) is 6.30. The van der Waals surface area contributed by atoms with Crippen molar-refractivity contribution in [2.75, 3.05) is 13.1 Å². The van der Waals surface area contributed by atoms with E-state index in [9.17, 15) is 9.59 Å². The maximum atomic E-state index is 12.6. The fourth-order valence-corrected chi connectivity index (χ4v) is 3.70. The first-order valence-electron chi connectivity index (χ1n) is 8.52. The van der Waals surface area contributed by atoms with Crippen molar-refractivity contribution in [3.63, 3.8) is 0 Å². The number of rotatable bonds is 6. The minimum atomic E-state index is -0.520. The predicted octanol–water partition coefficient (Wildman–Crippen LogP) is 3.24. The highest BCUT2D eigenvalue weighted by Crippen LogP contribution is 2.17. The van der Waals surface area contributed by atoms with Crippen LogP contribution < -0.4 is 5.32 Å². The van der Waals surface area contributed by atoms with Gasteiger partial charge in [-0.05, 0) is 44.6 Å². The Morgan fingerprint density at radius 3 is 2.96 bits per heavy atom. The standard InChI is InChI=1S/C18H27N3O2S/c1-4-10-20(13-16-9-7-12-24-16)18(23)19-15(3)17(22)21-11-6-5-8-14(21)2/h4,7,9,12,14-15H,1,5-6,8,10-11,13H2,2-3H3,(H,19,23)/t14-,15+/m0/s1. The molecule has 5 nitrogen and oxygen atoms in total. The highest BCUT2D eigenvalue weighted by atomic mass is 32.1. The Bertz CT molecular complexity index is 559. The molecule has 0 bridgehead atoms. The number of hydrogen-bond donors (Lipinski definition) is 1. The number of amides is 3. The van der Waals surface area contributed by atoms with E-state index in [4.69, 9.17) is 0 Å². The van der Waals surface area contributed by atoms with Crippen molar-refractivity contribution < 1.29 is 9.59 Å². The van der Waals surface area contributed by atoms with Crippen LogP contribution in [0.4, 0.5) is 4.79 Å². The number of carbonyl (C=O) groups excluding carboxylic acids is 2. The number of nitrogens with one attached hydrogen (secondary N) is 1. The van der Waals surface area contributed by atoms with E-state index >= 15 is 0 Å². The van der Waals surface area contributed by atoms with Gasteiger partial charge in [0, 0.05) is 24.0 Å². The van der Waals surface area contributed by atoms with Gasteiger partial charge in [-0.1, -0.05) is 12.1 Å². The maximum absolute atomic E-state index is 12.6. The minimum absolute atomic E-state index is 0.00484. The summed E-state index contributed by atoms with van der Waals surface area (Å²) in [6, 6.07) is 3.47. The van der Waals surface area contributed by atoms with Gasteiger partial charge in [-0.25, -0.2) is 4.79 Å². The van der Waals surface area contributed by atoms with E-state index in [1.165, 1.54) is 6.42 Å². The van der Waals surface area contributed by atoms with E-state index in [0.717, 1.165) is 24.3 Å². The van der Waals surface area contributed by atoms with Crippen LogP contribution in [0.15, 0.2) is 30.2 Å². The van der Waals surface area contributed by atoms with E-state index in [1.54, 1.807) is 29.2 Å². The van der Waals surface area contributed by atoms with E-state index in [2.05, 4.69) is 18.8 Å². The van der Waals surface area contributed by atoms with Crippen LogP contribution in [-0.4, -0.2) is 46.9 Å². The second kappa shape index (κ2) is 8.87. The Balaban J connectivity index is 1.94. The van der Waals surface area contributed by atoms with Gasteiger partial charge in [-0.15, -0.1) is 17.9 Å². The molecule has 3 amide bonds. The molecule has 1 aliphatic heterocycles. The number of hydrogen-bond acceptors (Lipinski definition) is 3. The van der Waals surface area contributed by atoms with Crippen molar-refractivity contribution in [3.05, 3.63) is 35.0 Å². The van der Waals surface area contributed by atoms with Gasteiger partial charge < -0.3 is 15.1 Å². The molecule has 0 aliphatic carbocycles. The van der Waals surface area contributed by atoms with Crippen LogP contribution >= 0.6 is 11.3 Å². The lowest BCUT2D eigenvalue weighted by Crippen LogP contribution is -2.53. The Morgan fingerprint density at radius 2 is 2.33 bits per heavy atom. The summed E-state index contributed by atoms with van der Waals surface area (Å²) in [4.78, 5) is 29.8. The monoisotopic (exact) mass is 349 g/mol.